The molecule has 0 bridgehead atoms. The quantitative estimate of drug-likeness (QED) is 0.312. The van der Waals surface area contributed by atoms with Gasteiger partial charge in [-0.1, -0.05) is 12.1 Å². The van der Waals surface area contributed by atoms with Gasteiger partial charge in [-0.05, 0) is 89.3 Å². The average Bonchev–Trinajstić information content (AvgIpc) is 2.56. The second-order valence-electron chi connectivity index (χ2n) is 4.71. The molecule has 0 aromatic heterocycles. The summed E-state index contributed by atoms with van der Waals surface area (Å²) in [5, 5.41) is 7.55. The second kappa shape index (κ2) is 9.46. The molecule has 0 unspecified atom stereocenters. The average molecular weight is 439 g/mol. The summed E-state index contributed by atoms with van der Waals surface area (Å²) in [7, 11) is 0. The van der Waals surface area contributed by atoms with Crippen molar-refractivity contribution in [1.82, 2.24) is 10.7 Å². The van der Waals surface area contributed by atoms with Gasteiger partial charge in [0.05, 0.1) is 6.21 Å². The van der Waals surface area contributed by atoms with Crippen LogP contribution in [-0.2, 0) is 6.61 Å². The highest BCUT2D eigenvalue weighted by molar-refractivity contribution is 14.1. The first kappa shape index (κ1) is 17.7. The fourth-order valence-corrected chi connectivity index (χ4v) is 2.32. The molecule has 0 saturated heterocycles. The predicted molar refractivity (Wildman–Crippen MR) is 107 cm³/mol. The highest BCUT2D eigenvalue weighted by Crippen LogP contribution is 2.14. The molecule has 0 atom stereocenters. The van der Waals surface area contributed by atoms with Crippen molar-refractivity contribution >= 4 is 46.1 Å². The van der Waals surface area contributed by atoms with E-state index >= 15 is 0 Å². The summed E-state index contributed by atoms with van der Waals surface area (Å²) in [6.45, 7) is 3.31. The first-order valence-electron chi connectivity index (χ1n) is 7.21. The molecule has 0 aliphatic rings. The summed E-state index contributed by atoms with van der Waals surface area (Å²) in [5.74, 6) is 0.830. The first-order chi connectivity index (χ1) is 11.2. The van der Waals surface area contributed by atoms with Crippen molar-refractivity contribution in [1.29, 1.82) is 0 Å². The lowest BCUT2D eigenvalue weighted by molar-refractivity contribution is 0.306. The van der Waals surface area contributed by atoms with Crippen molar-refractivity contribution in [3.63, 3.8) is 0 Å². The van der Waals surface area contributed by atoms with Crippen LogP contribution in [0.25, 0.3) is 0 Å². The van der Waals surface area contributed by atoms with Gasteiger partial charge in [0.2, 0.25) is 0 Å². The number of rotatable bonds is 6. The third kappa shape index (κ3) is 6.54. The van der Waals surface area contributed by atoms with Crippen molar-refractivity contribution < 1.29 is 4.74 Å². The summed E-state index contributed by atoms with van der Waals surface area (Å²) in [6, 6.07) is 16.0. The van der Waals surface area contributed by atoms with Gasteiger partial charge in [0.15, 0.2) is 5.11 Å². The summed E-state index contributed by atoms with van der Waals surface area (Å²) < 4.78 is 6.99. The molecule has 6 heteroatoms. The highest BCUT2D eigenvalue weighted by atomic mass is 127. The standard InChI is InChI=1S/C17H18IN3OS/c1-2-19-17(23)21-20-11-13-5-9-16(10-6-13)22-12-14-3-7-15(18)8-4-14/h3-11H,2,12H2,1H3,(H2,19,21,23)/b20-11-. The number of halogens is 1. The van der Waals surface area contributed by atoms with Crippen molar-refractivity contribution in [3.05, 3.63) is 63.2 Å². The van der Waals surface area contributed by atoms with E-state index in [-0.39, 0.29) is 0 Å². The number of benzene rings is 2. The molecule has 2 N–H and O–H groups in total. The molecule has 0 amide bonds. The molecular weight excluding hydrogens is 421 g/mol. The fourth-order valence-electron chi connectivity index (χ4n) is 1.76. The summed E-state index contributed by atoms with van der Waals surface area (Å²) >= 11 is 7.31. The molecule has 4 nitrogen and oxygen atoms in total. The number of nitrogens with one attached hydrogen (secondary N) is 2. The Hall–Kier alpha value is -1.67. The maximum atomic E-state index is 5.77. The molecule has 0 spiro atoms. The van der Waals surface area contributed by atoms with Gasteiger partial charge < -0.3 is 10.1 Å². The molecule has 0 radical (unpaired) electrons. The third-order valence-electron chi connectivity index (χ3n) is 2.92. The van der Waals surface area contributed by atoms with E-state index in [1.807, 2.05) is 31.2 Å². The molecule has 0 aliphatic heterocycles. The number of hydrogen-bond donors (Lipinski definition) is 2. The van der Waals surface area contributed by atoms with E-state index in [2.05, 4.69) is 62.7 Å². The van der Waals surface area contributed by atoms with E-state index < -0.39 is 0 Å². The zero-order chi connectivity index (χ0) is 16.5. The van der Waals surface area contributed by atoms with Crippen molar-refractivity contribution in [2.45, 2.75) is 13.5 Å². The Balaban J connectivity index is 1.83. The number of nitrogens with zero attached hydrogens (tertiary/aromatic N) is 1. The first-order valence-corrected chi connectivity index (χ1v) is 8.70. The SMILES string of the molecule is CCNC(=S)N/N=C\c1ccc(OCc2ccc(I)cc2)cc1. The molecule has 2 aromatic carbocycles. The number of ether oxygens (including phenoxy) is 1. The molecule has 2 rings (SSSR count). The molecule has 0 saturated carbocycles. The van der Waals surface area contributed by atoms with Crippen molar-refractivity contribution in [3.8, 4) is 5.75 Å². The van der Waals surface area contributed by atoms with Crippen molar-refractivity contribution in [2.24, 2.45) is 5.10 Å². The van der Waals surface area contributed by atoms with Gasteiger partial charge >= 0.3 is 0 Å². The second-order valence-corrected chi connectivity index (χ2v) is 6.37. The van der Waals surface area contributed by atoms with Crippen LogP contribution in [0.5, 0.6) is 5.75 Å². The molecule has 23 heavy (non-hydrogen) atoms. The Morgan fingerprint density at radius 1 is 1.17 bits per heavy atom. The summed E-state index contributed by atoms with van der Waals surface area (Å²) in [5.41, 5.74) is 4.88. The zero-order valence-corrected chi connectivity index (χ0v) is 15.7. The Kier molecular flexibility index (Phi) is 7.28. The maximum absolute atomic E-state index is 5.77. The Morgan fingerprint density at radius 2 is 1.87 bits per heavy atom. The minimum absolute atomic E-state index is 0.515. The smallest absolute Gasteiger partial charge is 0.186 e. The summed E-state index contributed by atoms with van der Waals surface area (Å²) in [4.78, 5) is 0. The van der Waals surface area contributed by atoms with Crippen LogP contribution < -0.4 is 15.5 Å². The van der Waals surface area contributed by atoms with E-state index in [0.717, 1.165) is 23.4 Å². The maximum Gasteiger partial charge on any atom is 0.186 e. The molecule has 120 valence electrons. The highest BCUT2D eigenvalue weighted by Gasteiger charge is 1.97. The van der Waals surface area contributed by atoms with Gasteiger partial charge in [-0.15, -0.1) is 0 Å². The molecule has 0 heterocycles. The minimum Gasteiger partial charge on any atom is -0.489 e. The minimum atomic E-state index is 0.515. The van der Waals surface area contributed by atoms with Crippen LogP contribution in [0.3, 0.4) is 0 Å². The van der Waals surface area contributed by atoms with Gasteiger partial charge in [0.1, 0.15) is 12.4 Å². The van der Waals surface area contributed by atoms with Crippen LogP contribution in [0.2, 0.25) is 0 Å². The fraction of sp³-hybridized carbons (Fsp3) is 0.176. The van der Waals surface area contributed by atoms with E-state index in [1.54, 1.807) is 6.21 Å². The van der Waals surface area contributed by atoms with E-state index in [4.69, 9.17) is 17.0 Å². The van der Waals surface area contributed by atoms with E-state index in [9.17, 15) is 0 Å². The van der Waals surface area contributed by atoms with Crippen LogP contribution in [0.4, 0.5) is 0 Å². The largest absolute Gasteiger partial charge is 0.489 e. The van der Waals surface area contributed by atoms with Crippen LogP contribution in [0.1, 0.15) is 18.1 Å². The molecule has 0 aliphatic carbocycles. The number of thiocarbonyl (C=S) groups is 1. The van der Waals surface area contributed by atoms with Gasteiger partial charge in [0.25, 0.3) is 0 Å². The van der Waals surface area contributed by atoms with Crippen LogP contribution in [0, 0.1) is 3.57 Å². The van der Waals surface area contributed by atoms with Crippen LogP contribution in [-0.4, -0.2) is 17.9 Å². The Labute approximate surface area is 155 Å². The predicted octanol–water partition coefficient (Wildman–Crippen LogP) is 3.69. The van der Waals surface area contributed by atoms with Crippen molar-refractivity contribution in [2.75, 3.05) is 6.54 Å². The Bertz CT molecular complexity index is 657. The van der Waals surface area contributed by atoms with Gasteiger partial charge in [0, 0.05) is 10.1 Å². The zero-order valence-electron chi connectivity index (χ0n) is 12.8. The molecule has 0 fully saturated rings. The molecule has 2 aromatic rings. The van der Waals surface area contributed by atoms with E-state index in [0.29, 0.717) is 11.7 Å². The van der Waals surface area contributed by atoms with Gasteiger partial charge in [-0.3, -0.25) is 5.43 Å². The monoisotopic (exact) mass is 439 g/mol. The Morgan fingerprint density at radius 3 is 2.52 bits per heavy atom. The van der Waals surface area contributed by atoms with Gasteiger partial charge in [-0.25, -0.2) is 0 Å². The lowest BCUT2D eigenvalue weighted by atomic mass is 10.2. The van der Waals surface area contributed by atoms with Gasteiger partial charge in [-0.2, -0.15) is 5.10 Å². The number of hydrazone groups is 1. The van der Waals surface area contributed by atoms with Crippen LogP contribution >= 0.6 is 34.8 Å². The molecular formula is C17H18IN3OS. The third-order valence-corrected chi connectivity index (χ3v) is 3.87. The van der Waals surface area contributed by atoms with E-state index in [1.165, 1.54) is 3.57 Å². The summed E-state index contributed by atoms with van der Waals surface area (Å²) in [6.07, 6.45) is 1.71. The lowest BCUT2D eigenvalue weighted by Gasteiger charge is -2.07. The van der Waals surface area contributed by atoms with Crippen LogP contribution in [0.15, 0.2) is 53.6 Å². The lowest BCUT2D eigenvalue weighted by Crippen LogP contribution is -2.31. The number of hydrogen-bond acceptors (Lipinski definition) is 3. The normalized spacial score (nSPS) is 10.5. The topological polar surface area (TPSA) is 45.7 Å².